The van der Waals surface area contributed by atoms with Gasteiger partial charge in [-0.05, 0) is 177 Å². The third-order valence-corrected chi connectivity index (χ3v) is 23.5. The summed E-state index contributed by atoms with van der Waals surface area (Å²) in [5, 5.41) is 12.4. The summed E-state index contributed by atoms with van der Waals surface area (Å²) in [5.41, 5.74) is 0.713. The lowest BCUT2D eigenvalue weighted by Gasteiger charge is -2.61. The zero-order chi connectivity index (χ0) is 76.3. The Bertz CT molecular complexity index is 4300. The van der Waals surface area contributed by atoms with E-state index in [0.717, 1.165) is 32.1 Å². The maximum atomic E-state index is 14.8. The van der Waals surface area contributed by atoms with Gasteiger partial charge in [0.15, 0.2) is 43.1 Å². The minimum atomic E-state index is -1.66. The van der Waals surface area contributed by atoms with Gasteiger partial charge >= 0.3 is 41.8 Å². The topological polar surface area (TPSA) is 275 Å². The van der Waals surface area contributed by atoms with E-state index < -0.39 is 140 Å². The molecule has 109 heavy (non-hydrogen) atoms. The third-order valence-electron chi connectivity index (χ3n) is 23.5. The lowest BCUT2D eigenvalue weighted by atomic mass is 9.44. The van der Waals surface area contributed by atoms with Gasteiger partial charge in [-0.2, -0.15) is 0 Å². The number of carbonyl (C=O) groups is 9. The molecule has 6 fully saturated rings. The smallest absolute Gasteiger partial charge is 0.338 e. The zero-order valence-electron chi connectivity index (χ0n) is 61.4. The quantitative estimate of drug-likeness (QED) is 0.0300. The van der Waals surface area contributed by atoms with E-state index in [4.69, 9.17) is 52.1 Å². The number of rotatable bonds is 26. The lowest BCUT2D eigenvalue weighted by Crippen LogP contribution is -2.63. The molecule has 0 aromatic heterocycles. The van der Waals surface area contributed by atoms with Crippen molar-refractivity contribution in [2.24, 2.45) is 52.3 Å². The number of benzene rings is 7. The Morgan fingerprint density at radius 3 is 1.28 bits per heavy atom. The highest BCUT2D eigenvalue weighted by Crippen LogP contribution is 2.68. The summed E-state index contributed by atoms with van der Waals surface area (Å²) < 4.78 is 69.1. The average molecular weight is 1490 g/mol. The summed E-state index contributed by atoms with van der Waals surface area (Å²) in [4.78, 5) is 127. The number of ether oxygens (including phenoxy) is 11. The number of hydrogen-bond donors (Lipinski definition) is 1. The van der Waals surface area contributed by atoms with Crippen molar-refractivity contribution in [3.63, 3.8) is 0 Å². The van der Waals surface area contributed by atoms with E-state index in [2.05, 4.69) is 13.8 Å². The molecule has 0 amide bonds. The molecule has 0 spiro atoms. The molecular formula is C88H92O21. The molecule has 4 saturated carbocycles. The first-order valence-corrected chi connectivity index (χ1v) is 37.8. The molecule has 0 radical (unpaired) electrons. The number of hydrogen-bond acceptors (Lipinski definition) is 21. The number of Topliss-reactive ketones (excluding diaryl/α,β-unsaturated/α-hetero) is 2. The van der Waals surface area contributed by atoms with E-state index in [1.807, 2.05) is 13.8 Å². The van der Waals surface area contributed by atoms with Crippen molar-refractivity contribution >= 4 is 53.4 Å². The zero-order valence-corrected chi connectivity index (χ0v) is 61.4. The largest absolute Gasteiger partial charge is 0.459 e. The number of fused-ring (bicyclic) bond motifs is 5. The molecule has 21 heteroatoms. The van der Waals surface area contributed by atoms with Gasteiger partial charge in [0, 0.05) is 24.7 Å². The average Bonchev–Trinajstić information content (AvgIpc) is 1.61. The normalized spacial score (nSPS) is 29.5. The molecule has 20 atom stereocenters. The second-order valence-electron chi connectivity index (χ2n) is 30.3. The van der Waals surface area contributed by atoms with Crippen LogP contribution in [0.4, 0.5) is 0 Å². The van der Waals surface area contributed by atoms with E-state index in [0.29, 0.717) is 25.7 Å². The molecule has 570 valence electrons. The summed E-state index contributed by atoms with van der Waals surface area (Å²) in [6.07, 6.45) is -9.32. The van der Waals surface area contributed by atoms with Gasteiger partial charge in [-0.1, -0.05) is 155 Å². The molecule has 0 bridgehead atoms. The Balaban J connectivity index is 0.673. The number of aliphatic hydroxyl groups is 1. The van der Waals surface area contributed by atoms with E-state index >= 15 is 0 Å². The second kappa shape index (κ2) is 34.7. The van der Waals surface area contributed by atoms with Crippen molar-refractivity contribution in [1.29, 1.82) is 0 Å². The fourth-order valence-electron chi connectivity index (χ4n) is 17.8. The first-order valence-electron chi connectivity index (χ1n) is 37.8. The van der Waals surface area contributed by atoms with E-state index in [1.165, 1.54) is 24.3 Å². The van der Waals surface area contributed by atoms with Gasteiger partial charge < -0.3 is 57.2 Å². The molecule has 1 N–H and O–H groups in total. The van der Waals surface area contributed by atoms with E-state index in [1.54, 1.807) is 188 Å². The number of carbonyl (C=O) groups excluding carboxylic acids is 9. The molecule has 14 unspecified atom stereocenters. The SMILES string of the molecule is C[C@@H](CCC(=O)[C@@H](C)C1C(=O)CC2C3CCC4CC(O[C@@H]5OC(COC(=O)c6ccccc6)[C@@H](OC(=O)c6ccccc6)C(OC(=O)c6ccccc6)C5O)CCC4(C)C3CCC21C)CO[C@@H]1OC(COC(=O)c2ccccc2)[C@H](OC(=O)c2ccccc2)C(OC(=O)c2ccccc2)C1OC(=O)c1ccccc1. The van der Waals surface area contributed by atoms with Gasteiger partial charge in [-0.25, -0.2) is 33.6 Å². The van der Waals surface area contributed by atoms with Crippen LogP contribution in [0.3, 0.4) is 0 Å². The van der Waals surface area contributed by atoms with Crippen LogP contribution < -0.4 is 0 Å². The first-order chi connectivity index (χ1) is 52.7. The highest BCUT2D eigenvalue weighted by molar-refractivity contribution is 5.94. The maximum Gasteiger partial charge on any atom is 0.338 e. The van der Waals surface area contributed by atoms with Crippen molar-refractivity contribution in [2.45, 2.75) is 159 Å². The minimum absolute atomic E-state index is 0.0543. The van der Waals surface area contributed by atoms with Crippen molar-refractivity contribution < 1.29 is 100 Å². The van der Waals surface area contributed by atoms with Gasteiger partial charge in [-0.3, -0.25) is 9.59 Å². The first kappa shape index (κ1) is 77.1. The van der Waals surface area contributed by atoms with Gasteiger partial charge in [0.25, 0.3) is 0 Å². The van der Waals surface area contributed by atoms with Crippen molar-refractivity contribution in [1.82, 2.24) is 0 Å². The third kappa shape index (κ3) is 17.5. The highest BCUT2D eigenvalue weighted by Gasteiger charge is 2.64. The number of ketones is 2. The van der Waals surface area contributed by atoms with Crippen LogP contribution in [0, 0.1) is 52.3 Å². The fraction of sp³-hybridized carbons (Fsp3) is 0.420. The second-order valence-corrected chi connectivity index (χ2v) is 30.3. The van der Waals surface area contributed by atoms with Crippen molar-refractivity contribution in [2.75, 3.05) is 19.8 Å². The molecule has 6 aliphatic rings. The van der Waals surface area contributed by atoms with Crippen LogP contribution in [0.25, 0.3) is 0 Å². The van der Waals surface area contributed by atoms with Crippen LogP contribution in [-0.2, 0) is 61.7 Å². The van der Waals surface area contributed by atoms with Crippen LogP contribution in [0.15, 0.2) is 212 Å². The Morgan fingerprint density at radius 2 is 0.835 bits per heavy atom. The predicted molar refractivity (Wildman–Crippen MR) is 394 cm³/mol. The summed E-state index contributed by atoms with van der Waals surface area (Å²) >= 11 is 0. The maximum absolute atomic E-state index is 14.8. The summed E-state index contributed by atoms with van der Waals surface area (Å²) in [6, 6.07) is 57.3. The van der Waals surface area contributed by atoms with Crippen LogP contribution >= 0.6 is 0 Å². The Hall–Kier alpha value is -10.0. The Labute approximate surface area is 633 Å². The number of esters is 7. The molecule has 4 aliphatic carbocycles. The highest BCUT2D eigenvalue weighted by atomic mass is 16.7. The summed E-state index contributed by atoms with van der Waals surface area (Å²) in [7, 11) is 0. The van der Waals surface area contributed by atoms with Crippen LogP contribution in [0.2, 0.25) is 0 Å². The molecule has 7 aromatic rings. The monoisotopic (exact) mass is 1480 g/mol. The minimum Gasteiger partial charge on any atom is -0.459 e. The van der Waals surface area contributed by atoms with Gasteiger partial charge in [0.2, 0.25) is 0 Å². The molecule has 7 aromatic carbocycles. The molecule has 21 nitrogen and oxygen atoms in total. The van der Waals surface area contributed by atoms with Crippen LogP contribution in [0.5, 0.6) is 0 Å². The Kier molecular flexibility index (Phi) is 24.5. The fourth-order valence-corrected chi connectivity index (χ4v) is 17.8. The summed E-state index contributed by atoms with van der Waals surface area (Å²) in [5.74, 6) is -6.15. The molecule has 2 saturated heterocycles. The molecule has 2 heterocycles. The van der Waals surface area contributed by atoms with Gasteiger partial charge in [-0.15, -0.1) is 0 Å². The Morgan fingerprint density at radius 1 is 0.450 bits per heavy atom. The standard InChI is InChI=1S/C88H92O21/c1-53(50-101-86-77(109-84(98)61-38-24-11-25-39-61)76(108-83(97)60-36-22-10-23-37-60)74(106-81(95)58-32-18-8-19-33-58)70(104-86)52-100-79(93)56-28-14-6-15-29-56)40-43-67(89)54(2)71-68(90)49-66-64-42-41-62-48-63(44-46-87(62,3)65(64)45-47-88(66,71)4)102-85-72(91)75(107-82(96)59-34-20-9-21-35-59)73(105-80(94)57-30-16-7-17-31-57)69(103-85)51-99-78(92)55-26-12-5-13-27-55/h5-39,53-54,62-66,69-77,85-86,91H,40-52H2,1-4H3/t53-,54+,62?,63?,64?,65?,66?,69?,70?,71?,72?,73+,74-,75?,76?,77?,85+,86+,87?,88?/m0/s1. The predicted octanol–water partition coefficient (Wildman–Crippen LogP) is 13.5. The number of aliphatic hydroxyl groups excluding tert-OH is 1. The molecule has 13 rings (SSSR count). The lowest BCUT2D eigenvalue weighted by molar-refractivity contribution is -0.314. The van der Waals surface area contributed by atoms with Crippen LogP contribution in [0.1, 0.15) is 164 Å². The van der Waals surface area contributed by atoms with Gasteiger partial charge in [0.1, 0.15) is 43.1 Å². The van der Waals surface area contributed by atoms with Gasteiger partial charge in [0.05, 0.1) is 51.7 Å². The molecule has 2 aliphatic heterocycles. The van der Waals surface area contributed by atoms with Crippen LogP contribution in [-0.4, -0.2) is 146 Å². The van der Waals surface area contributed by atoms with E-state index in [-0.39, 0.29) is 98.5 Å². The van der Waals surface area contributed by atoms with E-state index in [9.17, 15) is 48.3 Å². The van der Waals surface area contributed by atoms with Crippen molar-refractivity contribution in [3.8, 4) is 0 Å². The summed E-state index contributed by atoms with van der Waals surface area (Å²) in [6.45, 7) is 7.27. The van der Waals surface area contributed by atoms with Crippen molar-refractivity contribution in [3.05, 3.63) is 251 Å². The molecular weight excluding hydrogens is 1390 g/mol.